The van der Waals surface area contributed by atoms with Crippen LogP contribution in [0.3, 0.4) is 0 Å². The minimum absolute atomic E-state index is 0.0295. The smallest absolute Gasteiger partial charge is 0.372 e. The lowest BCUT2D eigenvalue weighted by Crippen LogP contribution is -2.30. The first-order chi connectivity index (χ1) is 14.7. The van der Waals surface area contributed by atoms with Gasteiger partial charge in [-0.2, -0.15) is 13.2 Å². The Labute approximate surface area is 174 Å². The quantitative estimate of drug-likeness (QED) is 0.449. The molecule has 0 radical (unpaired) electrons. The van der Waals surface area contributed by atoms with E-state index < -0.39 is 35.1 Å². The van der Waals surface area contributed by atoms with Crippen molar-refractivity contribution in [3.05, 3.63) is 71.6 Å². The second-order valence-electron chi connectivity index (χ2n) is 6.66. The van der Waals surface area contributed by atoms with Crippen molar-refractivity contribution in [1.29, 1.82) is 0 Å². The largest absolute Gasteiger partial charge is 0.435 e. The zero-order valence-corrected chi connectivity index (χ0v) is 16.3. The summed E-state index contributed by atoms with van der Waals surface area (Å²) in [7, 11) is 1.66. The van der Waals surface area contributed by atoms with Crippen LogP contribution in [-0.4, -0.2) is 41.0 Å². The van der Waals surface area contributed by atoms with Gasteiger partial charge in [-0.25, -0.2) is 13.5 Å². The Kier molecular flexibility index (Phi) is 6.52. The SMILES string of the molecule is CN(CCCNC(=O)c1nnn(-c2cccc(F)c2)c1C(F)(F)F)c1ccccc1F. The molecule has 1 N–H and O–H groups in total. The first-order valence-corrected chi connectivity index (χ1v) is 9.21. The van der Waals surface area contributed by atoms with Gasteiger partial charge in [-0.3, -0.25) is 4.79 Å². The number of para-hydroxylation sites is 1. The average molecular weight is 439 g/mol. The molecule has 0 unspecified atom stereocenters. The normalized spacial score (nSPS) is 11.4. The maximum Gasteiger partial charge on any atom is 0.435 e. The van der Waals surface area contributed by atoms with E-state index in [9.17, 15) is 26.7 Å². The molecule has 1 heterocycles. The number of halogens is 5. The van der Waals surface area contributed by atoms with E-state index in [1.165, 1.54) is 18.2 Å². The minimum atomic E-state index is -4.95. The molecule has 0 aliphatic heterocycles. The molecule has 3 rings (SSSR count). The van der Waals surface area contributed by atoms with Crippen LogP contribution in [0.25, 0.3) is 5.69 Å². The van der Waals surface area contributed by atoms with Crippen molar-refractivity contribution in [3.8, 4) is 5.69 Å². The second kappa shape index (κ2) is 9.11. The van der Waals surface area contributed by atoms with Gasteiger partial charge in [0.05, 0.1) is 11.4 Å². The monoisotopic (exact) mass is 439 g/mol. The highest BCUT2D eigenvalue weighted by Crippen LogP contribution is 2.32. The number of amides is 1. The van der Waals surface area contributed by atoms with Crippen LogP contribution >= 0.6 is 0 Å². The van der Waals surface area contributed by atoms with Gasteiger partial charge in [-0.1, -0.05) is 23.4 Å². The molecule has 0 fully saturated rings. The standard InChI is InChI=1S/C20H18F5N5O/c1-29(16-9-3-2-8-15(16)22)11-5-10-26-19(31)17-18(20(23,24)25)30(28-27-17)14-7-4-6-13(21)12-14/h2-4,6-9,12H,5,10-11H2,1H3,(H,26,31). The summed E-state index contributed by atoms with van der Waals surface area (Å²) in [6.45, 7) is 0.380. The Morgan fingerprint density at radius 3 is 2.55 bits per heavy atom. The van der Waals surface area contributed by atoms with Gasteiger partial charge in [0.15, 0.2) is 11.4 Å². The summed E-state index contributed by atoms with van der Waals surface area (Å²) in [6, 6.07) is 10.5. The zero-order chi connectivity index (χ0) is 22.6. The second-order valence-corrected chi connectivity index (χ2v) is 6.66. The van der Waals surface area contributed by atoms with Gasteiger partial charge in [0.25, 0.3) is 5.91 Å². The predicted octanol–water partition coefficient (Wildman–Crippen LogP) is 3.82. The van der Waals surface area contributed by atoms with Gasteiger partial charge in [-0.05, 0) is 36.8 Å². The van der Waals surface area contributed by atoms with Crippen molar-refractivity contribution in [2.45, 2.75) is 12.6 Å². The third-order valence-electron chi connectivity index (χ3n) is 4.43. The van der Waals surface area contributed by atoms with Gasteiger partial charge in [0, 0.05) is 20.1 Å². The van der Waals surface area contributed by atoms with Crippen molar-refractivity contribution >= 4 is 11.6 Å². The van der Waals surface area contributed by atoms with Crippen LogP contribution in [0, 0.1) is 11.6 Å². The van der Waals surface area contributed by atoms with Gasteiger partial charge >= 0.3 is 6.18 Å². The maximum atomic E-state index is 13.8. The number of rotatable bonds is 7. The lowest BCUT2D eigenvalue weighted by Gasteiger charge is -2.19. The Morgan fingerprint density at radius 2 is 1.87 bits per heavy atom. The van der Waals surface area contributed by atoms with E-state index in [0.717, 1.165) is 12.1 Å². The molecular weight excluding hydrogens is 421 g/mol. The van der Waals surface area contributed by atoms with E-state index in [2.05, 4.69) is 15.6 Å². The van der Waals surface area contributed by atoms with Gasteiger partial charge in [-0.15, -0.1) is 5.10 Å². The number of alkyl halides is 3. The fourth-order valence-corrected chi connectivity index (χ4v) is 2.96. The Bertz CT molecular complexity index is 1070. The molecule has 0 spiro atoms. The highest BCUT2D eigenvalue weighted by molar-refractivity contribution is 5.93. The summed E-state index contributed by atoms with van der Waals surface area (Å²) in [5, 5.41) is 9.11. The molecule has 0 saturated carbocycles. The highest BCUT2D eigenvalue weighted by atomic mass is 19.4. The molecular formula is C20H18F5N5O. The minimum Gasteiger partial charge on any atom is -0.372 e. The molecule has 11 heteroatoms. The van der Waals surface area contributed by atoms with Crippen molar-refractivity contribution in [2.24, 2.45) is 0 Å². The number of nitrogens with zero attached hydrogens (tertiary/aromatic N) is 4. The first kappa shape index (κ1) is 22.2. The third-order valence-corrected chi connectivity index (χ3v) is 4.43. The highest BCUT2D eigenvalue weighted by Gasteiger charge is 2.42. The molecule has 6 nitrogen and oxygen atoms in total. The fourth-order valence-electron chi connectivity index (χ4n) is 2.96. The summed E-state index contributed by atoms with van der Waals surface area (Å²) in [5.74, 6) is -2.23. The molecule has 0 atom stereocenters. The van der Waals surface area contributed by atoms with Crippen LogP contribution < -0.4 is 10.2 Å². The number of hydrogen-bond donors (Lipinski definition) is 1. The van der Waals surface area contributed by atoms with E-state index >= 15 is 0 Å². The summed E-state index contributed by atoms with van der Waals surface area (Å²) in [6.07, 6.45) is -4.61. The van der Waals surface area contributed by atoms with Crippen molar-refractivity contribution in [3.63, 3.8) is 0 Å². The fraction of sp³-hybridized carbons (Fsp3) is 0.250. The Morgan fingerprint density at radius 1 is 1.13 bits per heavy atom. The molecule has 0 aliphatic rings. The van der Waals surface area contributed by atoms with Gasteiger partial charge < -0.3 is 10.2 Å². The zero-order valence-electron chi connectivity index (χ0n) is 16.3. The van der Waals surface area contributed by atoms with Gasteiger partial charge in [0.1, 0.15) is 11.6 Å². The number of benzene rings is 2. The number of carbonyl (C=O) groups is 1. The summed E-state index contributed by atoms with van der Waals surface area (Å²) in [5.41, 5.74) is -2.17. The molecule has 0 saturated heterocycles. The van der Waals surface area contributed by atoms with Crippen LogP contribution in [0.15, 0.2) is 48.5 Å². The molecule has 2 aromatic carbocycles. The average Bonchev–Trinajstić information content (AvgIpc) is 3.17. The number of aromatic nitrogens is 3. The Balaban J connectivity index is 1.68. The van der Waals surface area contributed by atoms with E-state index in [1.54, 1.807) is 30.1 Å². The molecule has 0 bridgehead atoms. The van der Waals surface area contributed by atoms with E-state index in [4.69, 9.17) is 0 Å². The van der Waals surface area contributed by atoms with E-state index in [0.29, 0.717) is 23.3 Å². The van der Waals surface area contributed by atoms with Crippen molar-refractivity contribution in [2.75, 3.05) is 25.0 Å². The van der Waals surface area contributed by atoms with Crippen LogP contribution in [0.1, 0.15) is 22.6 Å². The molecule has 31 heavy (non-hydrogen) atoms. The number of nitrogens with one attached hydrogen (secondary N) is 1. The lowest BCUT2D eigenvalue weighted by atomic mass is 10.2. The molecule has 0 aliphatic carbocycles. The molecule has 1 amide bonds. The summed E-state index contributed by atoms with van der Waals surface area (Å²) >= 11 is 0. The van der Waals surface area contributed by atoms with Crippen LogP contribution in [0.2, 0.25) is 0 Å². The Hall–Kier alpha value is -3.50. The van der Waals surface area contributed by atoms with E-state index in [1.807, 2.05) is 0 Å². The van der Waals surface area contributed by atoms with Gasteiger partial charge in [0.2, 0.25) is 0 Å². The number of hydrogen-bond acceptors (Lipinski definition) is 4. The van der Waals surface area contributed by atoms with Crippen molar-refractivity contribution < 1.29 is 26.7 Å². The third kappa shape index (κ3) is 5.16. The van der Waals surface area contributed by atoms with Crippen molar-refractivity contribution in [1.82, 2.24) is 20.3 Å². The van der Waals surface area contributed by atoms with E-state index in [-0.39, 0.29) is 12.2 Å². The molecule has 3 aromatic rings. The lowest BCUT2D eigenvalue weighted by molar-refractivity contribution is -0.143. The molecule has 164 valence electrons. The van der Waals surface area contributed by atoms with Crippen LogP contribution in [0.5, 0.6) is 0 Å². The van der Waals surface area contributed by atoms with Crippen LogP contribution in [-0.2, 0) is 6.18 Å². The maximum absolute atomic E-state index is 13.8. The number of anilines is 1. The summed E-state index contributed by atoms with van der Waals surface area (Å²) in [4.78, 5) is 13.9. The topological polar surface area (TPSA) is 63.1 Å². The number of carbonyl (C=O) groups excluding carboxylic acids is 1. The molecule has 1 aromatic heterocycles. The van der Waals surface area contributed by atoms with Crippen LogP contribution in [0.4, 0.5) is 27.6 Å². The summed E-state index contributed by atoms with van der Waals surface area (Å²) < 4.78 is 68.3. The first-order valence-electron chi connectivity index (χ1n) is 9.21. The predicted molar refractivity (Wildman–Crippen MR) is 103 cm³/mol.